The third-order valence-electron chi connectivity index (χ3n) is 5.25. The quantitative estimate of drug-likeness (QED) is 0.440. The number of carbonyl (C=O) groups excluding carboxylic acids is 1. The maximum atomic E-state index is 13.2. The van der Waals surface area contributed by atoms with Gasteiger partial charge in [-0.05, 0) is 67.3 Å². The van der Waals surface area contributed by atoms with Gasteiger partial charge in [-0.1, -0.05) is 42.5 Å². The molecule has 8 heteroatoms. The molecule has 3 aromatic rings. The monoisotopic (exact) mass is 484 g/mol. The lowest BCUT2D eigenvalue weighted by atomic mass is 10.1. The van der Waals surface area contributed by atoms with Crippen LogP contribution in [0.5, 0.6) is 5.75 Å². The maximum absolute atomic E-state index is 13.2. The Labute approximate surface area is 200 Å². The molecule has 3 aromatic carbocycles. The molecule has 0 aliphatic heterocycles. The van der Waals surface area contributed by atoms with Crippen LogP contribution in [0.15, 0.2) is 78.9 Å². The first-order valence-corrected chi connectivity index (χ1v) is 12.8. The molecule has 0 saturated heterocycles. The molecule has 0 aliphatic carbocycles. The van der Waals surface area contributed by atoms with Crippen molar-refractivity contribution in [3.8, 4) is 5.75 Å². The Balaban J connectivity index is 1.52. The summed E-state index contributed by atoms with van der Waals surface area (Å²) in [5.41, 5.74) is 2.32. The molecular formula is C26H29FN2O4S. The number of ether oxygens (including phenoxy) is 1. The summed E-state index contributed by atoms with van der Waals surface area (Å²) in [5.74, 6) is -0.157. The van der Waals surface area contributed by atoms with E-state index in [2.05, 4.69) is 17.4 Å². The molecule has 0 saturated carbocycles. The van der Waals surface area contributed by atoms with Gasteiger partial charge in [0.2, 0.25) is 10.0 Å². The van der Waals surface area contributed by atoms with E-state index in [0.29, 0.717) is 17.0 Å². The van der Waals surface area contributed by atoms with Crippen molar-refractivity contribution in [1.82, 2.24) is 5.32 Å². The SMILES string of the molecule is C[C@@H](CCc1ccccc1)NC(=O)COc1ccc(N(Cc2ccc(F)cc2)S(C)(=O)=O)cc1. The smallest absolute Gasteiger partial charge is 0.258 e. The number of rotatable bonds is 11. The van der Waals surface area contributed by atoms with Crippen molar-refractivity contribution in [2.75, 3.05) is 17.2 Å². The van der Waals surface area contributed by atoms with E-state index >= 15 is 0 Å². The number of sulfonamides is 1. The van der Waals surface area contributed by atoms with E-state index in [9.17, 15) is 17.6 Å². The summed E-state index contributed by atoms with van der Waals surface area (Å²) in [4.78, 5) is 12.2. The summed E-state index contributed by atoms with van der Waals surface area (Å²) in [6.07, 6.45) is 2.81. The molecule has 1 N–H and O–H groups in total. The van der Waals surface area contributed by atoms with Gasteiger partial charge in [0.25, 0.3) is 5.91 Å². The van der Waals surface area contributed by atoms with Crippen LogP contribution in [0.4, 0.5) is 10.1 Å². The highest BCUT2D eigenvalue weighted by Crippen LogP contribution is 2.24. The summed E-state index contributed by atoms with van der Waals surface area (Å²) in [6, 6.07) is 22.2. The molecule has 0 fully saturated rings. The van der Waals surface area contributed by atoms with Gasteiger partial charge >= 0.3 is 0 Å². The zero-order chi connectivity index (χ0) is 24.6. The molecule has 6 nitrogen and oxygen atoms in total. The van der Waals surface area contributed by atoms with Crippen LogP contribution >= 0.6 is 0 Å². The number of nitrogens with zero attached hydrogens (tertiary/aromatic N) is 1. The normalized spacial score (nSPS) is 12.1. The minimum absolute atomic E-state index is 0.00784. The second kappa shape index (κ2) is 11.7. The van der Waals surface area contributed by atoms with Crippen molar-refractivity contribution in [3.63, 3.8) is 0 Å². The lowest BCUT2D eigenvalue weighted by Crippen LogP contribution is -2.36. The van der Waals surface area contributed by atoms with Gasteiger partial charge in [0.05, 0.1) is 18.5 Å². The highest BCUT2D eigenvalue weighted by Gasteiger charge is 2.18. The van der Waals surface area contributed by atoms with Crippen LogP contribution in [-0.2, 0) is 27.8 Å². The molecule has 0 radical (unpaired) electrons. The zero-order valence-corrected chi connectivity index (χ0v) is 20.1. The molecule has 0 aromatic heterocycles. The average Bonchev–Trinajstić information content (AvgIpc) is 2.81. The largest absolute Gasteiger partial charge is 0.484 e. The van der Waals surface area contributed by atoms with E-state index < -0.39 is 10.0 Å². The first kappa shape index (κ1) is 25.2. The van der Waals surface area contributed by atoms with Gasteiger partial charge in [-0.15, -0.1) is 0 Å². The van der Waals surface area contributed by atoms with Crippen molar-refractivity contribution in [3.05, 3.63) is 95.8 Å². The van der Waals surface area contributed by atoms with E-state index in [-0.39, 0.29) is 30.9 Å². The highest BCUT2D eigenvalue weighted by molar-refractivity contribution is 7.92. The fourth-order valence-corrected chi connectivity index (χ4v) is 4.32. The van der Waals surface area contributed by atoms with Gasteiger partial charge in [-0.3, -0.25) is 9.10 Å². The minimum Gasteiger partial charge on any atom is -0.484 e. The lowest BCUT2D eigenvalue weighted by Gasteiger charge is -2.23. The average molecular weight is 485 g/mol. The van der Waals surface area contributed by atoms with Gasteiger partial charge in [0.15, 0.2) is 6.61 Å². The molecule has 1 atom stereocenters. The molecule has 0 spiro atoms. The maximum Gasteiger partial charge on any atom is 0.258 e. The molecule has 0 heterocycles. The van der Waals surface area contributed by atoms with Gasteiger partial charge in [-0.25, -0.2) is 12.8 Å². The van der Waals surface area contributed by atoms with Crippen LogP contribution < -0.4 is 14.4 Å². The van der Waals surface area contributed by atoms with Gasteiger partial charge in [0.1, 0.15) is 11.6 Å². The number of halogens is 1. The molecule has 0 bridgehead atoms. The minimum atomic E-state index is -3.57. The Morgan fingerprint density at radius 1 is 0.971 bits per heavy atom. The van der Waals surface area contributed by atoms with Crippen LogP contribution in [0.3, 0.4) is 0 Å². The molecule has 180 valence electrons. The molecule has 0 unspecified atom stereocenters. The molecule has 34 heavy (non-hydrogen) atoms. The van der Waals surface area contributed by atoms with Crippen LogP contribution in [-0.4, -0.2) is 33.2 Å². The summed E-state index contributed by atoms with van der Waals surface area (Å²) in [7, 11) is -3.57. The van der Waals surface area contributed by atoms with Crippen LogP contribution in [0, 0.1) is 5.82 Å². The number of hydrogen-bond donors (Lipinski definition) is 1. The molecule has 1 amide bonds. The number of carbonyl (C=O) groups is 1. The Morgan fingerprint density at radius 3 is 2.24 bits per heavy atom. The van der Waals surface area contributed by atoms with Crippen LogP contribution in [0.25, 0.3) is 0 Å². The summed E-state index contributed by atoms with van der Waals surface area (Å²) >= 11 is 0. The van der Waals surface area contributed by atoms with Crippen molar-refractivity contribution < 1.29 is 22.3 Å². The Bertz CT molecular complexity index is 1170. The topological polar surface area (TPSA) is 75.7 Å². The first-order chi connectivity index (χ1) is 16.2. The van der Waals surface area contributed by atoms with E-state index in [4.69, 9.17) is 4.74 Å². The highest BCUT2D eigenvalue weighted by atomic mass is 32.2. The number of amides is 1. The van der Waals surface area contributed by atoms with Gasteiger partial charge in [0, 0.05) is 6.04 Å². The van der Waals surface area contributed by atoms with Crippen molar-refractivity contribution in [2.24, 2.45) is 0 Å². The standard InChI is InChI=1S/C26H29FN2O4S/c1-20(8-9-21-6-4-3-5-7-21)28-26(30)19-33-25-16-14-24(15-17-25)29(34(2,31)32)18-22-10-12-23(27)13-11-22/h3-7,10-17,20H,8-9,18-19H2,1-2H3,(H,28,30)/t20-/m0/s1. The van der Waals surface area contributed by atoms with Crippen molar-refractivity contribution >= 4 is 21.6 Å². The molecular weight excluding hydrogens is 455 g/mol. The third-order valence-corrected chi connectivity index (χ3v) is 6.39. The Kier molecular flexibility index (Phi) is 8.65. The van der Waals surface area contributed by atoms with E-state index in [0.717, 1.165) is 19.1 Å². The summed E-state index contributed by atoms with van der Waals surface area (Å²) in [5, 5.41) is 2.92. The Morgan fingerprint density at radius 2 is 1.62 bits per heavy atom. The Hall–Kier alpha value is -3.39. The predicted molar refractivity (Wildman–Crippen MR) is 132 cm³/mol. The molecule has 3 rings (SSSR count). The van der Waals surface area contributed by atoms with Gasteiger partial charge in [-0.2, -0.15) is 0 Å². The number of benzene rings is 3. The van der Waals surface area contributed by atoms with E-state index in [1.54, 1.807) is 36.4 Å². The van der Waals surface area contributed by atoms with E-state index in [1.165, 1.54) is 22.0 Å². The second-order valence-corrected chi connectivity index (χ2v) is 10.1. The second-order valence-electron chi connectivity index (χ2n) is 8.17. The lowest BCUT2D eigenvalue weighted by molar-refractivity contribution is -0.123. The first-order valence-electron chi connectivity index (χ1n) is 11.0. The van der Waals surface area contributed by atoms with Crippen molar-refractivity contribution in [2.45, 2.75) is 32.4 Å². The third kappa shape index (κ3) is 7.88. The van der Waals surface area contributed by atoms with Crippen LogP contribution in [0.2, 0.25) is 0 Å². The molecule has 0 aliphatic rings. The van der Waals surface area contributed by atoms with Gasteiger partial charge < -0.3 is 10.1 Å². The number of aryl methyl sites for hydroxylation is 1. The fraction of sp³-hybridized carbons (Fsp3) is 0.269. The zero-order valence-electron chi connectivity index (χ0n) is 19.3. The predicted octanol–water partition coefficient (Wildman–Crippen LogP) is 4.31. The van der Waals surface area contributed by atoms with Crippen molar-refractivity contribution in [1.29, 1.82) is 0 Å². The number of hydrogen-bond acceptors (Lipinski definition) is 4. The fourth-order valence-electron chi connectivity index (χ4n) is 3.43. The van der Waals surface area contributed by atoms with E-state index in [1.807, 2.05) is 25.1 Å². The van der Waals surface area contributed by atoms with Crippen LogP contribution in [0.1, 0.15) is 24.5 Å². The number of nitrogens with one attached hydrogen (secondary N) is 1. The summed E-state index contributed by atoms with van der Waals surface area (Å²) in [6.45, 7) is 1.89. The summed E-state index contributed by atoms with van der Waals surface area (Å²) < 4.78 is 44.6. The number of anilines is 1.